The van der Waals surface area contributed by atoms with Gasteiger partial charge in [0.2, 0.25) is 0 Å². The number of rotatable bonds is 5. The highest BCUT2D eigenvalue weighted by Crippen LogP contribution is 2.31. The number of benzene rings is 2. The molecule has 0 aliphatic carbocycles. The van der Waals surface area contributed by atoms with Crippen LogP contribution in [0.1, 0.15) is 11.1 Å². The van der Waals surface area contributed by atoms with E-state index in [4.69, 9.17) is 0 Å². The summed E-state index contributed by atoms with van der Waals surface area (Å²) >= 11 is 0. The predicted octanol–water partition coefficient (Wildman–Crippen LogP) is 3.05. The standard InChI is InChI=1S/C15H14F3NO4S2/c1-24(20,21)10-11-5-2-3-8-14(11)19-25(22,23)13-7-4-6-12(9-13)15(16,17)18/h2-9,19H,10H2,1H3. The first-order chi connectivity index (χ1) is 11.4. The predicted molar refractivity (Wildman–Crippen MR) is 87.2 cm³/mol. The van der Waals surface area contributed by atoms with Crippen LogP contribution in [0.4, 0.5) is 18.9 Å². The summed E-state index contributed by atoms with van der Waals surface area (Å²) in [4.78, 5) is -0.573. The first-order valence-electron chi connectivity index (χ1n) is 6.84. The fourth-order valence-electron chi connectivity index (χ4n) is 2.07. The number of anilines is 1. The molecule has 0 heterocycles. The van der Waals surface area contributed by atoms with Gasteiger partial charge >= 0.3 is 6.18 Å². The maximum Gasteiger partial charge on any atom is 0.416 e. The average Bonchev–Trinajstić information content (AvgIpc) is 2.47. The number of hydrogen-bond acceptors (Lipinski definition) is 4. The van der Waals surface area contributed by atoms with Gasteiger partial charge in [-0.3, -0.25) is 4.72 Å². The molecule has 0 aliphatic heterocycles. The summed E-state index contributed by atoms with van der Waals surface area (Å²) in [5.41, 5.74) is -0.911. The van der Waals surface area contributed by atoms with Crippen molar-refractivity contribution in [2.24, 2.45) is 0 Å². The molecule has 10 heteroatoms. The van der Waals surface area contributed by atoms with Crippen molar-refractivity contribution in [3.63, 3.8) is 0 Å². The van der Waals surface area contributed by atoms with E-state index in [1.54, 1.807) is 0 Å². The Labute approximate surface area is 143 Å². The molecule has 0 saturated heterocycles. The van der Waals surface area contributed by atoms with Crippen molar-refractivity contribution in [2.75, 3.05) is 11.0 Å². The van der Waals surface area contributed by atoms with Crippen LogP contribution in [0.25, 0.3) is 0 Å². The first-order valence-corrected chi connectivity index (χ1v) is 10.4. The van der Waals surface area contributed by atoms with Gasteiger partial charge in [0.1, 0.15) is 0 Å². The highest BCUT2D eigenvalue weighted by atomic mass is 32.2. The van der Waals surface area contributed by atoms with Gasteiger partial charge in [0, 0.05) is 6.26 Å². The van der Waals surface area contributed by atoms with Crippen molar-refractivity contribution in [3.05, 3.63) is 59.7 Å². The highest BCUT2D eigenvalue weighted by molar-refractivity contribution is 7.92. The van der Waals surface area contributed by atoms with E-state index in [1.807, 2.05) is 0 Å². The number of hydrogen-bond donors (Lipinski definition) is 1. The molecule has 0 bridgehead atoms. The molecule has 0 aromatic heterocycles. The van der Waals surface area contributed by atoms with Crippen LogP contribution in [0.5, 0.6) is 0 Å². The number of alkyl halides is 3. The smallest absolute Gasteiger partial charge is 0.279 e. The molecule has 0 unspecified atom stereocenters. The van der Waals surface area contributed by atoms with Gasteiger partial charge in [-0.2, -0.15) is 13.2 Å². The fraction of sp³-hybridized carbons (Fsp3) is 0.200. The Morgan fingerprint density at radius 3 is 2.20 bits per heavy atom. The minimum Gasteiger partial charge on any atom is -0.279 e. The fourth-order valence-corrected chi connectivity index (χ4v) is 4.03. The van der Waals surface area contributed by atoms with E-state index in [1.165, 1.54) is 24.3 Å². The van der Waals surface area contributed by atoms with Gasteiger partial charge < -0.3 is 0 Å². The molecule has 0 spiro atoms. The largest absolute Gasteiger partial charge is 0.416 e. The second-order valence-electron chi connectivity index (χ2n) is 5.36. The number of nitrogens with one attached hydrogen (secondary N) is 1. The van der Waals surface area contributed by atoms with Crippen molar-refractivity contribution < 1.29 is 30.0 Å². The molecule has 0 atom stereocenters. The SMILES string of the molecule is CS(=O)(=O)Cc1ccccc1NS(=O)(=O)c1cccc(C(F)(F)F)c1. The summed E-state index contributed by atoms with van der Waals surface area (Å²) in [6.45, 7) is 0. The molecule has 2 aromatic carbocycles. The Morgan fingerprint density at radius 2 is 1.60 bits per heavy atom. The zero-order chi connectivity index (χ0) is 18.9. The summed E-state index contributed by atoms with van der Waals surface area (Å²) in [6, 6.07) is 9.06. The van der Waals surface area contributed by atoms with Gasteiger partial charge in [0.15, 0.2) is 9.84 Å². The minimum atomic E-state index is -4.68. The third-order valence-corrected chi connectivity index (χ3v) is 5.35. The Kier molecular flexibility index (Phi) is 5.14. The summed E-state index contributed by atoms with van der Waals surface area (Å²) in [7, 11) is -7.75. The van der Waals surface area contributed by atoms with Crippen LogP contribution in [0.3, 0.4) is 0 Å². The lowest BCUT2D eigenvalue weighted by Crippen LogP contribution is -2.16. The molecule has 25 heavy (non-hydrogen) atoms. The molecule has 0 radical (unpaired) electrons. The summed E-state index contributed by atoms with van der Waals surface area (Å²) in [5.74, 6) is -0.408. The summed E-state index contributed by atoms with van der Waals surface area (Å²) in [5, 5.41) is 0. The van der Waals surface area contributed by atoms with E-state index in [0.717, 1.165) is 24.5 Å². The van der Waals surface area contributed by atoms with E-state index >= 15 is 0 Å². The minimum absolute atomic E-state index is 0.00895. The zero-order valence-electron chi connectivity index (χ0n) is 12.9. The van der Waals surface area contributed by atoms with Crippen molar-refractivity contribution in [1.82, 2.24) is 0 Å². The molecule has 2 rings (SSSR count). The van der Waals surface area contributed by atoms with Crippen LogP contribution >= 0.6 is 0 Å². The van der Waals surface area contributed by atoms with Gasteiger partial charge in [-0.25, -0.2) is 16.8 Å². The van der Waals surface area contributed by atoms with Crippen molar-refractivity contribution in [3.8, 4) is 0 Å². The molecule has 0 amide bonds. The lowest BCUT2D eigenvalue weighted by atomic mass is 10.2. The second-order valence-corrected chi connectivity index (χ2v) is 9.18. The Morgan fingerprint density at radius 1 is 0.960 bits per heavy atom. The maximum absolute atomic E-state index is 12.8. The number of sulfone groups is 1. The summed E-state index contributed by atoms with van der Waals surface area (Å²) < 4.78 is 88.0. The first kappa shape index (κ1) is 19.3. The molecular formula is C15H14F3NO4S2. The quantitative estimate of drug-likeness (QED) is 0.847. The zero-order valence-corrected chi connectivity index (χ0v) is 14.5. The lowest BCUT2D eigenvalue weighted by molar-refractivity contribution is -0.137. The third-order valence-electron chi connectivity index (χ3n) is 3.15. The normalized spacial score (nSPS) is 12.8. The Bertz CT molecular complexity index is 984. The highest BCUT2D eigenvalue weighted by Gasteiger charge is 2.31. The molecule has 0 saturated carbocycles. The van der Waals surface area contributed by atoms with Crippen LogP contribution in [-0.2, 0) is 31.8 Å². The van der Waals surface area contributed by atoms with Crippen molar-refractivity contribution in [2.45, 2.75) is 16.8 Å². The van der Waals surface area contributed by atoms with Crippen LogP contribution in [-0.4, -0.2) is 23.1 Å². The van der Waals surface area contributed by atoms with Gasteiger partial charge in [-0.1, -0.05) is 24.3 Å². The van der Waals surface area contributed by atoms with E-state index in [-0.39, 0.29) is 11.3 Å². The van der Waals surface area contributed by atoms with Crippen LogP contribution in [0, 0.1) is 0 Å². The van der Waals surface area contributed by atoms with Gasteiger partial charge in [-0.05, 0) is 29.8 Å². The molecule has 1 N–H and O–H groups in total. The molecule has 2 aromatic rings. The van der Waals surface area contributed by atoms with Gasteiger partial charge in [0.05, 0.1) is 21.9 Å². The van der Waals surface area contributed by atoms with E-state index in [0.29, 0.717) is 6.07 Å². The van der Waals surface area contributed by atoms with Crippen molar-refractivity contribution in [1.29, 1.82) is 0 Å². The van der Waals surface area contributed by atoms with Crippen molar-refractivity contribution >= 4 is 25.5 Å². The molecule has 0 fully saturated rings. The monoisotopic (exact) mass is 393 g/mol. The molecule has 5 nitrogen and oxygen atoms in total. The van der Waals surface area contributed by atoms with Crippen LogP contribution < -0.4 is 4.72 Å². The molecule has 0 aliphatic rings. The average molecular weight is 393 g/mol. The number of sulfonamides is 1. The topological polar surface area (TPSA) is 80.3 Å². The Balaban J connectivity index is 2.41. The third kappa shape index (κ3) is 5.20. The van der Waals surface area contributed by atoms with Crippen LogP contribution in [0.2, 0.25) is 0 Å². The Hall–Kier alpha value is -2.07. The van der Waals surface area contributed by atoms with Gasteiger partial charge in [-0.15, -0.1) is 0 Å². The van der Waals surface area contributed by atoms with E-state index < -0.39 is 42.2 Å². The van der Waals surface area contributed by atoms with Gasteiger partial charge in [0.25, 0.3) is 10.0 Å². The number of para-hydroxylation sites is 1. The summed E-state index contributed by atoms with van der Waals surface area (Å²) in [6.07, 6.45) is -3.69. The van der Waals surface area contributed by atoms with Crippen LogP contribution in [0.15, 0.2) is 53.4 Å². The van der Waals surface area contributed by atoms with E-state index in [2.05, 4.69) is 4.72 Å². The second kappa shape index (κ2) is 6.68. The molecular weight excluding hydrogens is 379 g/mol. The number of halogens is 3. The maximum atomic E-state index is 12.8. The van der Waals surface area contributed by atoms with E-state index in [9.17, 15) is 30.0 Å². The lowest BCUT2D eigenvalue weighted by Gasteiger charge is -2.13. The molecule has 136 valence electrons.